The Hall–Kier alpha value is -3.21. The number of nitrogens with one attached hydrogen (secondary N) is 1. The van der Waals surface area contributed by atoms with Gasteiger partial charge in [-0.3, -0.25) is 4.79 Å². The van der Waals surface area contributed by atoms with Crippen LogP contribution in [0.5, 0.6) is 5.75 Å². The molecule has 2 aliphatic carbocycles. The zero-order valence-electron chi connectivity index (χ0n) is 20.0. The smallest absolute Gasteiger partial charge is 0.225 e. The molecule has 1 amide bonds. The first kappa shape index (κ1) is 22.6. The highest BCUT2D eigenvalue weighted by Crippen LogP contribution is 2.39. The number of carbonyl (C=O) groups is 1. The molecular formula is C29H33N3O2. The summed E-state index contributed by atoms with van der Waals surface area (Å²) in [6, 6.07) is 16.6. The van der Waals surface area contributed by atoms with Crippen LogP contribution in [0.3, 0.4) is 0 Å². The monoisotopic (exact) mass is 455 g/mol. The number of rotatable bonds is 7. The number of hydrogen-bond acceptors (Lipinski definition) is 4. The highest BCUT2D eigenvalue weighted by atomic mass is 16.5. The lowest BCUT2D eigenvalue weighted by Crippen LogP contribution is -2.20. The fourth-order valence-corrected chi connectivity index (χ4v) is 5.31. The molecule has 0 spiro atoms. The van der Waals surface area contributed by atoms with Crippen LogP contribution >= 0.6 is 0 Å². The van der Waals surface area contributed by atoms with Crippen molar-refractivity contribution < 1.29 is 9.53 Å². The maximum Gasteiger partial charge on any atom is 0.225 e. The van der Waals surface area contributed by atoms with E-state index in [2.05, 4.69) is 29.6 Å². The van der Waals surface area contributed by atoms with Crippen molar-refractivity contribution in [2.24, 2.45) is 0 Å². The summed E-state index contributed by atoms with van der Waals surface area (Å²) < 4.78 is 5.43. The highest BCUT2D eigenvalue weighted by molar-refractivity contribution is 5.90. The largest absolute Gasteiger partial charge is 0.497 e. The van der Waals surface area contributed by atoms with Gasteiger partial charge in [-0.2, -0.15) is 0 Å². The molecule has 5 nitrogen and oxygen atoms in total. The summed E-state index contributed by atoms with van der Waals surface area (Å²) >= 11 is 0. The summed E-state index contributed by atoms with van der Waals surface area (Å²) in [4.78, 5) is 23.1. The van der Waals surface area contributed by atoms with Crippen molar-refractivity contribution in [2.75, 3.05) is 12.4 Å². The lowest BCUT2D eigenvalue weighted by molar-refractivity contribution is -0.116. The average Bonchev–Trinajstić information content (AvgIpc) is 2.89. The molecule has 2 aromatic carbocycles. The zero-order chi connectivity index (χ0) is 23.3. The van der Waals surface area contributed by atoms with Crippen molar-refractivity contribution in [2.45, 2.75) is 70.1 Å². The van der Waals surface area contributed by atoms with Crippen LogP contribution in [0.15, 0.2) is 48.5 Å². The summed E-state index contributed by atoms with van der Waals surface area (Å²) in [5, 5.41) is 3.15. The molecule has 0 saturated heterocycles. The number of amides is 1. The summed E-state index contributed by atoms with van der Waals surface area (Å²) in [7, 11) is 1.70. The van der Waals surface area contributed by atoms with Gasteiger partial charge in [-0.25, -0.2) is 9.97 Å². The van der Waals surface area contributed by atoms with Gasteiger partial charge in [0.25, 0.3) is 0 Å². The minimum atomic E-state index is 0.0307. The molecule has 2 aliphatic rings. The van der Waals surface area contributed by atoms with Crippen LogP contribution in [0.4, 0.5) is 5.82 Å². The number of fused-ring (bicyclic) bond motifs is 3. The van der Waals surface area contributed by atoms with Crippen molar-refractivity contribution >= 4 is 11.7 Å². The van der Waals surface area contributed by atoms with E-state index >= 15 is 0 Å². The predicted octanol–water partition coefficient (Wildman–Crippen LogP) is 6.26. The number of benzene rings is 2. The van der Waals surface area contributed by atoms with Crippen molar-refractivity contribution in [1.29, 1.82) is 0 Å². The Morgan fingerprint density at radius 1 is 1.03 bits per heavy atom. The van der Waals surface area contributed by atoms with E-state index in [-0.39, 0.29) is 5.91 Å². The Morgan fingerprint density at radius 2 is 1.85 bits per heavy atom. The van der Waals surface area contributed by atoms with Crippen molar-refractivity contribution in [3.63, 3.8) is 0 Å². The quantitative estimate of drug-likeness (QED) is 0.457. The van der Waals surface area contributed by atoms with E-state index in [4.69, 9.17) is 14.7 Å². The second-order valence-corrected chi connectivity index (χ2v) is 9.50. The lowest BCUT2D eigenvalue weighted by atomic mass is 9.85. The second-order valence-electron chi connectivity index (χ2n) is 9.50. The standard InChI is InChI=1S/C29H33N3O2/c1-34-23-16-17-24-22(19-23)15-18-25-28(24)32-27(21-12-6-3-7-13-21)29(30-25)31-26(33)14-8-11-20-9-4-2-5-10-20/h2,4-5,9-10,16-17,19,21H,3,6-8,11-15,18H2,1H3,(H,30,31,33). The van der Waals surface area contributed by atoms with Crippen LogP contribution in [0.2, 0.25) is 0 Å². The molecule has 1 N–H and O–H groups in total. The molecule has 0 radical (unpaired) electrons. The average molecular weight is 456 g/mol. The molecule has 0 bridgehead atoms. The Bertz CT molecular complexity index is 1150. The third-order valence-electron chi connectivity index (χ3n) is 7.16. The van der Waals surface area contributed by atoms with E-state index in [0.717, 1.165) is 66.9 Å². The molecule has 1 heterocycles. The van der Waals surface area contributed by atoms with Crippen LogP contribution in [-0.4, -0.2) is 23.0 Å². The van der Waals surface area contributed by atoms with Crippen LogP contribution in [0, 0.1) is 0 Å². The van der Waals surface area contributed by atoms with Gasteiger partial charge in [-0.05, 0) is 67.9 Å². The van der Waals surface area contributed by atoms with Crippen molar-refractivity contribution in [1.82, 2.24) is 9.97 Å². The third kappa shape index (κ3) is 4.98. The van der Waals surface area contributed by atoms with Crippen LogP contribution in [0.1, 0.15) is 73.4 Å². The molecule has 0 atom stereocenters. The number of ether oxygens (including phenoxy) is 1. The SMILES string of the molecule is COc1ccc2c(c1)CCc1nc(NC(=O)CCCc3ccccc3)c(C3CCCCC3)nc1-2. The molecule has 1 aromatic heterocycles. The van der Waals surface area contributed by atoms with Gasteiger partial charge in [-0.1, -0.05) is 49.6 Å². The number of aryl methyl sites for hydroxylation is 3. The van der Waals surface area contributed by atoms with E-state index in [1.54, 1.807) is 7.11 Å². The van der Waals surface area contributed by atoms with Crippen LogP contribution in [-0.2, 0) is 24.1 Å². The normalized spacial score (nSPS) is 15.3. The Balaban J connectivity index is 1.39. The van der Waals surface area contributed by atoms with Gasteiger partial charge in [0.1, 0.15) is 5.75 Å². The van der Waals surface area contributed by atoms with Gasteiger partial charge < -0.3 is 10.1 Å². The van der Waals surface area contributed by atoms with Gasteiger partial charge >= 0.3 is 0 Å². The fourth-order valence-electron chi connectivity index (χ4n) is 5.31. The van der Waals surface area contributed by atoms with E-state index in [9.17, 15) is 4.79 Å². The summed E-state index contributed by atoms with van der Waals surface area (Å²) in [6.45, 7) is 0. The number of hydrogen-bond donors (Lipinski definition) is 1. The Kier molecular flexibility index (Phi) is 6.89. The fraction of sp³-hybridized carbons (Fsp3) is 0.414. The number of nitrogens with zero attached hydrogens (tertiary/aromatic N) is 2. The minimum absolute atomic E-state index is 0.0307. The molecule has 0 unspecified atom stereocenters. The number of carbonyl (C=O) groups excluding carboxylic acids is 1. The molecule has 1 saturated carbocycles. The summed E-state index contributed by atoms with van der Waals surface area (Å²) in [5.41, 5.74) is 6.60. The first-order valence-corrected chi connectivity index (χ1v) is 12.6. The van der Waals surface area contributed by atoms with Gasteiger partial charge in [0.05, 0.1) is 24.2 Å². The van der Waals surface area contributed by atoms with E-state index in [1.165, 1.54) is 30.4 Å². The molecule has 3 aromatic rings. The van der Waals surface area contributed by atoms with Gasteiger partial charge in [0, 0.05) is 17.9 Å². The van der Waals surface area contributed by atoms with E-state index in [1.807, 2.05) is 24.3 Å². The molecule has 1 fully saturated rings. The van der Waals surface area contributed by atoms with Crippen molar-refractivity contribution in [3.05, 3.63) is 71.0 Å². The van der Waals surface area contributed by atoms with Gasteiger partial charge in [0.2, 0.25) is 5.91 Å². The molecule has 5 heteroatoms. The van der Waals surface area contributed by atoms with Crippen LogP contribution < -0.4 is 10.1 Å². The highest BCUT2D eigenvalue weighted by Gasteiger charge is 2.27. The molecule has 176 valence electrons. The summed E-state index contributed by atoms with van der Waals surface area (Å²) in [6.07, 6.45) is 9.86. The number of methoxy groups -OCH3 is 1. The maximum absolute atomic E-state index is 12.9. The van der Waals surface area contributed by atoms with Gasteiger partial charge in [-0.15, -0.1) is 0 Å². The maximum atomic E-state index is 12.9. The first-order chi connectivity index (χ1) is 16.7. The summed E-state index contributed by atoms with van der Waals surface area (Å²) in [5.74, 6) is 1.95. The van der Waals surface area contributed by atoms with Crippen LogP contribution in [0.25, 0.3) is 11.3 Å². The number of anilines is 1. The lowest BCUT2D eigenvalue weighted by Gasteiger charge is -2.26. The van der Waals surface area contributed by atoms with Gasteiger partial charge in [0.15, 0.2) is 5.82 Å². The third-order valence-corrected chi connectivity index (χ3v) is 7.16. The molecule has 34 heavy (non-hydrogen) atoms. The van der Waals surface area contributed by atoms with E-state index < -0.39 is 0 Å². The molecular weight excluding hydrogens is 422 g/mol. The van der Waals surface area contributed by atoms with E-state index in [0.29, 0.717) is 18.2 Å². The molecule has 5 rings (SSSR count). The zero-order valence-corrected chi connectivity index (χ0v) is 20.0. The molecule has 0 aliphatic heterocycles. The Labute approximate surface area is 202 Å². The van der Waals surface area contributed by atoms with Crippen molar-refractivity contribution in [3.8, 4) is 17.0 Å². The number of aromatic nitrogens is 2. The second kappa shape index (κ2) is 10.4. The minimum Gasteiger partial charge on any atom is -0.497 e. The topological polar surface area (TPSA) is 64.1 Å². The predicted molar refractivity (Wildman–Crippen MR) is 135 cm³/mol. The first-order valence-electron chi connectivity index (χ1n) is 12.6. The Morgan fingerprint density at radius 3 is 2.65 bits per heavy atom.